The van der Waals surface area contributed by atoms with Gasteiger partial charge in [0, 0.05) is 16.5 Å². The normalized spacial score (nSPS) is 10.9. The zero-order valence-corrected chi connectivity index (χ0v) is 15.1. The Balaban J connectivity index is 1.77. The second kappa shape index (κ2) is 7.24. The Kier molecular flexibility index (Phi) is 4.62. The molecule has 0 unspecified atom stereocenters. The maximum Gasteiger partial charge on any atom is 0.283 e. The molecule has 6 nitrogen and oxygen atoms in total. The van der Waals surface area contributed by atoms with E-state index in [4.69, 9.17) is 0 Å². The molecule has 4 aromatic rings. The van der Waals surface area contributed by atoms with Crippen molar-refractivity contribution in [3.8, 4) is 11.4 Å². The average molecular weight is 393 g/mol. The number of nitrogens with one attached hydrogen (secondary N) is 1. The van der Waals surface area contributed by atoms with Crippen LogP contribution in [0.1, 0.15) is 0 Å². The van der Waals surface area contributed by atoms with E-state index in [0.29, 0.717) is 26.3 Å². The number of nitrogens with zero attached hydrogens (tertiary/aromatic N) is 2. The maximum absolute atomic E-state index is 13.1. The van der Waals surface area contributed by atoms with Crippen molar-refractivity contribution in [2.24, 2.45) is 0 Å². The van der Waals surface area contributed by atoms with Gasteiger partial charge in [0.25, 0.3) is 11.2 Å². The van der Waals surface area contributed by atoms with Crippen LogP contribution in [0.3, 0.4) is 0 Å². The van der Waals surface area contributed by atoms with Gasteiger partial charge in [-0.15, -0.1) is 0 Å². The molecule has 1 aromatic heterocycles. The number of halogens is 1. The van der Waals surface area contributed by atoms with E-state index in [0.717, 1.165) is 11.8 Å². The molecule has 0 amide bonds. The number of fused-ring (bicyclic) bond motifs is 1. The number of benzene rings is 3. The highest BCUT2D eigenvalue weighted by Crippen LogP contribution is 2.36. The third-order valence-electron chi connectivity index (χ3n) is 4.08. The molecule has 0 aliphatic heterocycles. The fraction of sp³-hybridized carbons (Fsp3) is 0. The zero-order chi connectivity index (χ0) is 19.7. The number of aromatic amines is 1. The van der Waals surface area contributed by atoms with Gasteiger partial charge < -0.3 is 4.98 Å². The van der Waals surface area contributed by atoms with Crippen LogP contribution in [0.25, 0.3) is 22.3 Å². The van der Waals surface area contributed by atoms with Crippen molar-refractivity contribution in [3.05, 3.63) is 93.0 Å². The Bertz CT molecular complexity index is 1260. The minimum atomic E-state index is -0.492. The van der Waals surface area contributed by atoms with E-state index in [-0.39, 0.29) is 22.9 Å². The van der Waals surface area contributed by atoms with Crippen LogP contribution in [0.2, 0.25) is 0 Å². The first kappa shape index (κ1) is 17.9. The third kappa shape index (κ3) is 3.49. The molecule has 0 radical (unpaired) electrons. The lowest BCUT2D eigenvalue weighted by Gasteiger charge is -2.07. The lowest BCUT2D eigenvalue weighted by Crippen LogP contribution is -2.09. The first-order chi connectivity index (χ1) is 13.5. The first-order valence-electron chi connectivity index (χ1n) is 8.22. The topological polar surface area (TPSA) is 88.9 Å². The van der Waals surface area contributed by atoms with Crippen LogP contribution in [0, 0.1) is 15.9 Å². The fourth-order valence-corrected chi connectivity index (χ4v) is 3.65. The SMILES string of the molecule is O=c1[nH]c(-c2ccc(Sc3ccc(F)cc3)c([N+](=O)[O-])c2)nc2ccccc12. The van der Waals surface area contributed by atoms with E-state index in [2.05, 4.69) is 9.97 Å². The van der Waals surface area contributed by atoms with Gasteiger partial charge in [0.1, 0.15) is 11.6 Å². The number of hydrogen-bond donors (Lipinski definition) is 1. The first-order valence-corrected chi connectivity index (χ1v) is 9.04. The number of nitro benzene ring substituents is 1. The van der Waals surface area contributed by atoms with Gasteiger partial charge in [0.15, 0.2) is 0 Å². The molecule has 0 spiro atoms. The molecule has 0 fully saturated rings. The molecule has 28 heavy (non-hydrogen) atoms. The Labute approximate surface area is 162 Å². The summed E-state index contributed by atoms with van der Waals surface area (Å²) in [6.45, 7) is 0. The van der Waals surface area contributed by atoms with Crippen LogP contribution < -0.4 is 5.56 Å². The van der Waals surface area contributed by atoms with Crippen LogP contribution in [0.15, 0.2) is 81.3 Å². The van der Waals surface area contributed by atoms with Crippen LogP contribution in [-0.2, 0) is 0 Å². The van der Waals surface area contributed by atoms with Crippen molar-refractivity contribution in [3.63, 3.8) is 0 Å². The quantitative estimate of drug-likeness (QED) is 0.398. The average Bonchev–Trinajstić information content (AvgIpc) is 2.70. The minimum Gasteiger partial charge on any atom is -0.306 e. The molecule has 1 N–H and O–H groups in total. The van der Waals surface area contributed by atoms with E-state index in [9.17, 15) is 19.3 Å². The standard InChI is InChI=1S/C20H12FN3O3S/c21-13-6-8-14(9-7-13)28-18-10-5-12(11-17(18)24(26)27)19-22-16-4-2-1-3-15(16)20(25)23-19/h1-11H,(H,22,23,25). The van der Waals surface area contributed by atoms with Crippen molar-refractivity contribution in [1.29, 1.82) is 0 Å². The van der Waals surface area contributed by atoms with E-state index in [1.54, 1.807) is 48.5 Å². The predicted molar refractivity (Wildman–Crippen MR) is 105 cm³/mol. The molecule has 8 heteroatoms. The van der Waals surface area contributed by atoms with Gasteiger partial charge in [0.05, 0.1) is 20.7 Å². The number of aromatic nitrogens is 2. The van der Waals surface area contributed by atoms with Gasteiger partial charge in [-0.2, -0.15) is 0 Å². The summed E-state index contributed by atoms with van der Waals surface area (Å²) in [6.07, 6.45) is 0. The lowest BCUT2D eigenvalue weighted by atomic mass is 10.1. The fourth-order valence-electron chi connectivity index (χ4n) is 2.75. The molecule has 0 saturated heterocycles. The summed E-state index contributed by atoms with van der Waals surface area (Å²) >= 11 is 1.16. The van der Waals surface area contributed by atoms with Crippen molar-refractivity contribution in [2.45, 2.75) is 9.79 Å². The molecule has 0 aliphatic rings. The van der Waals surface area contributed by atoms with Crippen LogP contribution in [-0.4, -0.2) is 14.9 Å². The number of para-hydroxylation sites is 1. The van der Waals surface area contributed by atoms with E-state index in [1.807, 2.05) is 0 Å². The molecule has 3 aromatic carbocycles. The second-order valence-corrected chi connectivity index (χ2v) is 7.04. The molecule has 0 aliphatic carbocycles. The summed E-state index contributed by atoms with van der Waals surface area (Å²) in [7, 11) is 0. The van der Waals surface area contributed by atoms with E-state index in [1.165, 1.54) is 18.2 Å². The minimum absolute atomic E-state index is 0.123. The number of hydrogen-bond acceptors (Lipinski definition) is 5. The summed E-state index contributed by atoms with van der Waals surface area (Å²) in [6, 6.07) is 17.2. The lowest BCUT2D eigenvalue weighted by molar-refractivity contribution is -0.387. The van der Waals surface area contributed by atoms with E-state index < -0.39 is 4.92 Å². The van der Waals surface area contributed by atoms with Crippen molar-refractivity contribution < 1.29 is 9.31 Å². The number of nitro groups is 1. The Morgan fingerprint density at radius 3 is 2.54 bits per heavy atom. The Hall–Kier alpha value is -3.52. The largest absolute Gasteiger partial charge is 0.306 e. The third-order valence-corrected chi connectivity index (χ3v) is 5.16. The number of rotatable bonds is 4. The molecular weight excluding hydrogens is 381 g/mol. The molecule has 1 heterocycles. The van der Waals surface area contributed by atoms with Gasteiger partial charge in [0.2, 0.25) is 0 Å². The smallest absolute Gasteiger partial charge is 0.283 e. The highest BCUT2D eigenvalue weighted by molar-refractivity contribution is 7.99. The Morgan fingerprint density at radius 2 is 1.79 bits per heavy atom. The summed E-state index contributed by atoms with van der Waals surface area (Å²) in [4.78, 5) is 31.5. The predicted octanol–water partition coefficient (Wildman–Crippen LogP) is 4.79. The molecular formula is C20H12FN3O3S. The van der Waals surface area contributed by atoms with Gasteiger partial charge in [-0.25, -0.2) is 9.37 Å². The van der Waals surface area contributed by atoms with Crippen molar-refractivity contribution in [2.75, 3.05) is 0 Å². The second-order valence-electron chi connectivity index (χ2n) is 5.93. The molecule has 0 saturated carbocycles. The van der Waals surface area contributed by atoms with Crippen LogP contribution in [0.5, 0.6) is 0 Å². The molecule has 0 atom stereocenters. The maximum atomic E-state index is 13.1. The molecule has 0 bridgehead atoms. The van der Waals surface area contributed by atoms with Crippen LogP contribution in [0.4, 0.5) is 10.1 Å². The molecule has 138 valence electrons. The summed E-state index contributed by atoms with van der Waals surface area (Å²) in [5.41, 5.74) is 0.502. The molecule has 4 rings (SSSR count). The van der Waals surface area contributed by atoms with Gasteiger partial charge in [-0.3, -0.25) is 14.9 Å². The highest BCUT2D eigenvalue weighted by atomic mass is 32.2. The van der Waals surface area contributed by atoms with E-state index >= 15 is 0 Å². The summed E-state index contributed by atoms with van der Waals surface area (Å²) in [5.74, 6) is -0.120. The van der Waals surface area contributed by atoms with Gasteiger partial charge >= 0.3 is 0 Å². The van der Waals surface area contributed by atoms with Crippen molar-refractivity contribution >= 4 is 28.4 Å². The van der Waals surface area contributed by atoms with Crippen molar-refractivity contribution in [1.82, 2.24) is 9.97 Å². The van der Waals surface area contributed by atoms with Gasteiger partial charge in [-0.05, 0) is 48.5 Å². The monoisotopic (exact) mass is 393 g/mol. The van der Waals surface area contributed by atoms with Gasteiger partial charge in [-0.1, -0.05) is 23.9 Å². The van der Waals surface area contributed by atoms with Crippen LogP contribution >= 0.6 is 11.8 Å². The highest BCUT2D eigenvalue weighted by Gasteiger charge is 2.18. The number of H-pyrrole nitrogens is 1. The Morgan fingerprint density at radius 1 is 1.04 bits per heavy atom. The summed E-state index contributed by atoms with van der Waals surface area (Å²) < 4.78 is 13.1. The summed E-state index contributed by atoms with van der Waals surface area (Å²) in [5, 5.41) is 12.0. The zero-order valence-electron chi connectivity index (χ0n) is 14.3.